The number of aryl methyl sites for hydroxylation is 1. The number of benzene rings is 2. The van der Waals surface area contributed by atoms with Crippen molar-refractivity contribution in [3.8, 4) is 0 Å². The first-order valence-corrected chi connectivity index (χ1v) is 12.6. The van der Waals surface area contributed by atoms with Crippen LogP contribution in [-0.4, -0.2) is 44.3 Å². The minimum atomic E-state index is -0.526. The zero-order valence-electron chi connectivity index (χ0n) is 19.9. The zero-order valence-corrected chi connectivity index (χ0v) is 20.7. The van der Waals surface area contributed by atoms with E-state index in [1.165, 1.54) is 0 Å². The van der Waals surface area contributed by atoms with Crippen LogP contribution in [0.5, 0.6) is 0 Å². The molecule has 186 valence electrons. The molecule has 1 fully saturated rings. The van der Waals surface area contributed by atoms with Gasteiger partial charge in [-0.3, -0.25) is 0 Å². The van der Waals surface area contributed by atoms with Gasteiger partial charge in [-0.15, -0.1) is 10.2 Å². The molecule has 2 aromatic carbocycles. The fourth-order valence-electron chi connectivity index (χ4n) is 3.79. The number of aromatic nitrogens is 3. The molecule has 0 unspecified atom stereocenters. The Labute approximate surface area is 209 Å². The van der Waals surface area contributed by atoms with Gasteiger partial charge in [-0.05, 0) is 23.6 Å². The predicted molar refractivity (Wildman–Crippen MR) is 133 cm³/mol. The summed E-state index contributed by atoms with van der Waals surface area (Å²) in [5, 5.41) is 23.9. The molecule has 0 spiro atoms. The Balaban J connectivity index is 1.47. The van der Waals surface area contributed by atoms with E-state index >= 15 is 0 Å². The van der Waals surface area contributed by atoms with Crippen LogP contribution in [0.4, 0.5) is 4.79 Å². The van der Waals surface area contributed by atoms with Gasteiger partial charge in [0.05, 0.1) is 18.8 Å². The van der Waals surface area contributed by atoms with Crippen molar-refractivity contribution in [2.24, 2.45) is 7.05 Å². The summed E-state index contributed by atoms with van der Waals surface area (Å²) in [4.78, 5) is 11.7. The van der Waals surface area contributed by atoms with Crippen molar-refractivity contribution in [2.45, 2.75) is 50.2 Å². The summed E-state index contributed by atoms with van der Waals surface area (Å²) in [7, 11) is 1.92. The molecule has 9 nitrogen and oxygen atoms in total. The first-order valence-electron chi connectivity index (χ1n) is 11.6. The molecule has 1 aromatic heterocycles. The molecular weight excluding hydrogens is 466 g/mol. The Hall–Kier alpha value is -2.92. The van der Waals surface area contributed by atoms with Crippen molar-refractivity contribution < 1.29 is 19.4 Å². The molecule has 10 heteroatoms. The number of thioether (sulfide) groups is 1. The summed E-state index contributed by atoms with van der Waals surface area (Å²) >= 11 is 1.61. The van der Waals surface area contributed by atoms with Gasteiger partial charge >= 0.3 is 6.03 Å². The molecule has 1 saturated heterocycles. The van der Waals surface area contributed by atoms with Gasteiger partial charge in [0, 0.05) is 37.9 Å². The summed E-state index contributed by atoms with van der Waals surface area (Å²) in [6, 6.07) is 15.5. The maximum absolute atomic E-state index is 11.7. The Morgan fingerprint density at radius 1 is 1.09 bits per heavy atom. The summed E-state index contributed by atoms with van der Waals surface area (Å²) in [5.41, 5.74) is 3.81. The third-order valence-electron chi connectivity index (χ3n) is 5.73. The molecule has 1 aliphatic rings. The van der Waals surface area contributed by atoms with E-state index < -0.39 is 6.29 Å². The van der Waals surface area contributed by atoms with E-state index in [2.05, 4.69) is 20.8 Å². The Morgan fingerprint density at radius 3 is 2.46 bits per heavy atom. The average molecular weight is 498 g/mol. The molecule has 0 aliphatic carbocycles. The summed E-state index contributed by atoms with van der Waals surface area (Å²) in [5.74, 6) is 0.714. The topological polar surface area (TPSA) is 111 Å². The number of amides is 2. The Morgan fingerprint density at radius 2 is 1.80 bits per heavy atom. The smallest absolute Gasteiger partial charge is 0.315 e. The molecule has 2 amide bonds. The lowest BCUT2D eigenvalue weighted by atomic mass is 10.0. The van der Waals surface area contributed by atoms with Gasteiger partial charge < -0.3 is 29.8 Å². The minimum Gasteiger partial charge on any atom is -0.392 e. The molecule has 3 aromatic rings. The monoisotopic (exact) mass is 497 g/mol. The molecule has 3 N–H and O–H groups in total. The second kappa shape index (κ2) is 12.2. The van der Waals surface area contributed by atoms with Crippen molar-refractivity contribution >= 4 is 17.8 Å². The van der Waals surface area contributed by atoms with Gasteiger partial charge in [-0.2, -0.15) is 0 Å². The van der Waals surface area contributed by atoms with E-state index in [4.69, 9.17) is 9.47 Å². The standard InChI is InChI=1S/C25H31N5O4S/c1-3-26-24(32)27-13-17-4-10-20(11-5-17)23-33-21(15-35-25-29-28-16-30(25)2)12-22(34-23)19-8-6-18(14-31)7-9-19/h4-11,16,21-23,31H,3,12-15H2,1-2H3,(H2,26,27,32)/t21-,22+,23+/m1/s1. The molecule has 1 aliphatic heterocycles. The highest BCUT2D eigenvalue weighted by Gasteiger charge is 2.32. The van der Waals surface area contributed by atoms with Crippen molar-refractivity contribution in [1.82, 2.24) is 25.4 Å². The van der Waals surface area contributed by atoms with E-state index in [-0.39, 0.29) is 24.8 Å². The summed E-state index contributed by atoms with van der Waals surface area (Å²) in [6.07, 6.45) is 1.66. The highest BCUT2D eigenvalue weighted by atomic mass is 32.2. The maximum atomic E-state index is 11.7. The van der Waals surface area contributed by atoms with Crippen LogP contribution in [-0.2, 0) is 29.7 Å². The SMILES string of the molecule is CCNC(=O)NCc1ccc([C@H]2O[C@@H](CSc3nncn3C)C[C@@H](c3ccc(CO)cc3)O2)cc1. The third-order valence-corrected chi connectivity index (χ3v) is 6.89. The van der Waals surface area contributed by atoms with Crippen LogP contribution in [0.1, 0.15) is 48.0 Å². The minimum absolute atomic E-state index is 0.00974. The molecule has 4 rings (SSSR count). The van der Waals surface area contributed by atoms with Crippen LogP contribution in [0, 0.1) is 0 Å². The van der Waals surface area contributed by atoms with Gasteiger partial charge in [0.2, 0.25) is 0 Å². The summed E-state index contributed by atoms with van der Waals surface area (Å²) < 4.78 is 14.6. The van der Waals surface area contributed by atoms with Crippen molar-refractivity contribution in [1.29, 1.82) is 0 Å². The molecule has 2 heterocycles. The number of aliphatic hydroxyl groups excluding tert-OH is 1. The lowest BCUT2D eigenvalue weighted by Gasteiger charge is -2.36. The zero-order chi connectivity index (χ0) is 24.6. The maximum Gasteiger partial charge on any atom is 0.315 e. The number of ether oxygens (including phenoxy) is 2. The number of carbonyl (C=O) groups excluding carboxylic acids is 1. The van der Waals surface area contributed by atoms with Gasteiger partial charge in [0.1, 0.15) is 6.33 Å². The van der Waals surface area contributed by atoms with Crippen LogP contribution >= 0.6 is 11.8 Å². The van der Waals surface area contributed by atoms with Crippen LogP contribution in [0.3, 0.4) is 0 Å². The lowest BCUT2D eigenvalue weighted by molar-refractivity contribution is -0.245. The van der Waals surface area contributed by atoms with Crippen LogP contribution < -0.4 is 10.6 Å². The molecule has 3 atom stereocenters. The largest absolute Gasteiger partial charge is 0.392 e. The van der Waals surface area contributed by atoms with E-state index in [0.29, 0.717) is 25.3 Å². The average Bonchev–Trinajstić information content (AvgIpc) is 3.31. The molecule has 35 heavy (non-hydrogen) atoms. The van der Waals surface area contributed by atoms with Crippen molar-refractivity contribution in [2.75, 3.05) is 12.3 Å². The van der Waals surface area contributed by atoms with Crippen molar-refractivity contribution in [3.63, 3.8) is 0 Å². The van der Waals surface area contributed by atoms with Gasteiger partial charge in [-0.1, -0.05) is 60.3 Å². The van der Waals surface area contributed by atoms with E-state index in [1.807, 2.05) is 67.1 Å². The number of hydrogen-bond acceptors (Lipinski definition) is 7. The number of nitrogens with zero attached hydrogens (tertiary/aromatic N) is 3. The van der Waals surface area contributed by atoms with Gasteiger partial charge in [-0.25, -0.2) is 4.79 Å². The third kappa shape index (κ3) is 6.82. The number of rotatable bonds is 9. The summed E-state index contributed by atoms with van der Waals surface area (Å²) in [6.45, 7) is 2.91. The highest BCUT2D eigenvalue weighted by molar-refractivity contribution is 7.99. The predicted octanol–water partition coefficient (Wildman–Crippen LogP) is 3.46. The Kier molecular flexibility index (Phi) is 8.75. The second-order valence-electron chi connectivity index (χ2n) is 8.34. The quantitative estimate of drug-likeness (QED) is 0.388. The van der Waals surface area contributed by atoms with Crippen LogP contribution in [0.15, 0.2) is 60.0 Å². The van der Waals surface area contributed by atoms with Crippen LogP contribution in [0.25, 0.3) is 0 Å². The first kappa shape index (κ1) is 25.2. The lowest BCUT2D eigenvalue weighted by Crippen LogP contribution is -2.34. The number of aliphatic hydroxyl groups is 1. The fraction of sp³-hybridized carbons (Fsp3) is 0.400. The van der Waals surface area contributed by atoms with E-state index in [1.54, 1.807) is 18.1 Å². The van der Waals surface area contributed by atoms with Gasteiger partial charge in [0.15, 0.2) is 11.4 Å². The fourth-order valence-corrected chi connectivity index (χ4v) is 4.70. The molecule has 0 radical (unpaired) electrons. The normalized spacial score (nSPS) is 19.9. The molecule has 0 bridgehead atoms. The second-order valence-corrected chi connectivity index (χ2v) is 9.33. The number of nitrogens with one attached hydrogen (secondary N) is 2. The molecular formula is C25H31N5O4S. The van der Waals surface area contributed by atoms with Gasteiger partial charge in [0.25, 0.3) is 0 Å². The highest BCUT2D eigenvalue weighted by Crippen LogP contribution is 2.39. The van der Waals surface area contributed by atoms with Crippen LogP contribution in [0.2, 0.25) is 0 Å². The first-order chi connectivity index (χ1) is 17.1. The van der Waals surface area contributed by atoms with Crippen molar-refractivity contribution in [3.05, 3.63) is 77.1 Å². The Bertz CT molecular complexity index is 1090. The number of hydrogen-bond donors (Lipinski definition) is 3. The number of carbonyl (C=O) groups is 1. The number of urea groups is 1. The van der Waals surface area contributed by atoms with E-state index in [0.717, 1.165) is 27.4 Å². The van der Waals surface area contributed by atoms with E-state index in [9.17, 15) is 9.90 Å². The molecule has 0 saturated carbocycles.